The minimum Gasteiger partial charge on any atom is -0.186 e. The first kappa shape index (κ1) is 13.6. The van der Waals surface area contributed by atoms with E-state index in [1.165, 1.54) is 39.0 Å². The minimum absolute atomic E-state index is 0. The van der Waals surface area contributed by atoms with E-state index in [0.29, 0.717) is 5.92 Å². The summed E-state index contributed by atoms with van der Waals surface area (Å²) >= 11 is 0. The molecule has 16 heavy (non-hydrogen) atoms. The Kier molecular flexibility index (Phi) is 3.78. The normalized spacial score (nSPS) is 17.9. The van der Waals surface area contributed by atoms with Crippen LogP contribution in [0.4, 0.5) is 0 Å². The number of allylic oxidation sites excluding steroid dienone is 1. The van der Waals surface area contributed by atoms with Crippen molar-refractivity contribution >= 4 is 0 Å². The molecule has 1 unspecified atom stereocenters. The predicted octanol–water partition coefficient (Wildman–Crippen LogP) is 1.14. The maximum atomic E-state index is 3.54. The van der Waals surface area contributed by atoms with Crippen LogP contribution in [0.3, 0.4) is 0 Å². The van der Waals surface area contributed by atoms with Crippen molar-refractivity contribution < 1.29 is 18.9 Å². The molecule has 0 aromatic heterocycles. The summed E-state index contributed by atoms with van der Waals surface area (Å²) in [7, 11) is 0. The van der Waals surface area contributed by atoms with Crippen LogP contribution < -0.4 is 18.9 Å². The fourth-order valence-corrected chi connectivity index (χ4v) is 2.57. The number of rotatable bonds is 0. The summed E-state index contributed by atoms with van der Waals surface area (Å²) < 4.78 is 0. The van der Waals surface area contributed by atoms with Gasteiger partial charge in [0.1, 0.15) is 0 Å². The van der Waals surface area contributed by atoms with Crippen LogP contribution >= 0.6 is 0 Å². The second-order valence-electron chi connectivity index (χ2n) is 4.82. The van der Waals surface area contributed by atoms with Crippen LogP contribution in [0.1, 0.15) is 53.1 Å². The van der Waals surface area contributed by atoms with Crippen LogP contribution in [0.25, 0.3) is 0 Å². The standard InChI is InChI=1S/C15H19.Li/c1-8-7-14-12(5)10(3)11(4)13(6)15(14)9(8)2;/h9H,1-6H3;/q-1;+1. The minimum atomic E-state index is 0. The van der Waals surface area contributed by atoms with E-state index in [0.717, 1.165) is 0 Å². The van der Waals surface area contributed by atoms with Crippen molar-refractivity contribution in [3.05, 3.63) is 45.0 Å². The molecule has 1 aliphatic rings. The second-order valence-corrected chi connectivity index (χ2v) is 4.82. The molecule has 2 rings (SSSR count). The van der Waals surface area contributed by atoms with E-state index in [4.69, 9.17) is 0 Å². The predicted molar refractivity (Wildman–Crippen MR) is 65.3 cm³/mol. The van der Waals surface area contributed by atoms with Crippen LogP contribution in [0, 0.1) is 33.8 Å². The summed E-state index contributed by atoms with van der Waals surface area (Å²) in [6.07, 6.45) is 3.54. The Labute approximate surface area is 111 Å². The summed E-state index contributed by atoms with van der Waals surface area (Å²) in [6, 6.07) is 0. The zero-order valence-corrected chi connectivity index (χ0v) is 11.6. The fraction of sp³-hybridized carbons (Fsp3) is 0.467. The third-order valence-corrected chi connectivity index (χ3v) is 4.14. The molecule has 0 radical (unpaired) electrons. The van der Waals surface area contributed by atoms with Crippen molar-refractivity contribution in [2.24, 2.45) is 0 Å². The Balaban J connectivity index is 0.00000128. The van der Waals surface area contributed by atoms with Crippen LogP contribution in [0.5, 0.6) is 0 Å². The van der Waals surface area contributed by atoms with Crippen LogP contribution in [0.2, 0.25) is 0 Å². The molecule has 80 valence electrons. The first-order chi connectivity index (χ1) is 6.95. The molecular weight excluding hydrogens is 187 g/mol. The number of hydrogen-bond acceptors (Lipinski definition) is 0. The maximum Gasteiger partial charge on any atom is 1.00 e. The molecule has 0 nitrogen and oxygen atoms in total. The van der Waals surface area contributed by atoms with Crippen molar-refractivity contribution in [2.75, 3.05) is 0 Å². The van der Waals surface area contributed by atoms with E-state index < -0.39 is 0 Å². The Morgan fingerprint density at radius 2 is 1.31 bits per heavy atom. The number of hydrogen-bond donors (Lipinski definition) is 0. The third kappa shape index (κ3) is 1.69. The largest absolute Gasteiger partial charge is 1.00 e. The Bertz CT molecular complexity index is 467. The van der Waals surface area contributed by atoms with Crippen LogP contribution in [-0.4, -0.2) is 0 Å². The molecular formula is C15H19Li. The van der Waals surface area contributed by atoms with Gasteiger partial charge in [-0.1, -0.05) is 46.1 Å². The molecule has 1 aliphatic carbocycles. The van der Waals surface area contributed by atoms with Crippen molar-refractivity contribution in [3.63, 3.8) is 0 Å². The Morgan fingerprint density at radius 3 is 1.88 bits per heavy atom. The van der Waals surface area contributed by atoms with Gasteiger partial charge >= 0.3 is 18.9 Å². The van der Waals surface area contributed by atoms with Gasteiger partial charge in [-0.25, -0.2) is 0 Å². The zero-order valence-electron chi connectivity index (χ0n) is 11.6. The van der Waals surface area contributed by atoms with Crippen molar-refractivity contribution in [2.45, 2.75) is 47.5 Å². The molecule has 0 saturated carbocycles. The summed E-state index contributed by atoms with van der Waals surface area (Å²) in [6.45, 7) is 13.4. The van der Waals surface area contributed by atoms with Gasteiger partial charge < -0.3 is 0 Å². The van der Waals surface area contributed by atoms with Crippen LogP contribution in [0.15, 0.2) is 5.57 Å². The molecule has 1 heteroatoms. The fourth-order valence-electron chi connectivity index (χ4n) is 2.57. The Morgan fingerprint density at radius 1 is 0.812 bits per heavy atom. The van der Waals surface area contributed by atoms with Crippen molar-refractivity contribution in [1.29, 1.82) is 0 Å². The van der Waals surface area contributed by atoms with E-state index >= 15 is 0 Å². The second kappa shape index (κ2) is 4.44. The zero-order chi connectivity index (χ0) is 11.3. The van der Waals surface area contributed by atoms with Gasteiger partial charge in [0.05, 0.1) is 0 Å². The van der Waals surface area contributed by atoms with Gasteiger partial charge in [0.15, 0.2) is 0 Å². The summed E-state index contributed by atoms with van der Waals surface area (Å²) in [5, 5.41) is 0. The van der Waals surface area contributed by atoms with Gasteiger partial charge in [0, 0.05) is 0 Å². The van der Waals surface area contributed by atoms with Crippen molar-refractivity contribution in [3.8, 4) is 0 Å². The molecule has 0 saturated heterocycles. The number of fused-ring (bicyclic) bond motifs is 1. The average Bonchev–Trinajstić information content (AvgIpc) is 2.50. The molecule has 0 aliphatic heterocycles. The topological polar surface area (TPSA) is 0 Å². The monoisotopic (exact) mass is 206 g/mol. The summed E-state index contributed by atoms with van der Waals surface area (Å²) in [4.78, 5) is 0. The first-order valence-electron chi connectivity index (χ1n) is 5.65. The molecule has 1 aromatic rings. The molecule has 0 bridgehead atoms. The molecule has 0 N–H and O–H groups in total. The SMILES string of the molecule is CC1=[C-]c2c(C)c(C)c(C)c(C)c2C1C.[Li+]. The number of benzene rings is 1. The van der Waals surface area contributed by atoms with Gasteiger partial charge in [0.2, 0.25) is 0 Å². The van der Waals surface area contributed by atoms with Gasteiger partial charge in [0.25, 0.3) is 0 Å². The average molecular weight is 206 g/mol. The molecule has 0 heterocycles. The van der Waals surface area contributed by atoms with Gasteiger partial charge in [-0.05, 0) is 6.92 Å². The van der Waals surface area contributed by atoms with E-state index in [2.05, 4.69) is 47.6 Å². The van der Waals surface area contributed by atoms with E-state index in [-0.39, 0.29) is 18.9 Å². The third-order valence-electron chi connectivity index (χ3n) is 4.14. The maximum absolute atomic E-state index is 3.54. The van der Waals surface area contributed by atoms with E-state index in [1.807, 2.05) is 0 Å². The summed E-state index contributed by atoms with van der Waals surface area (Å²) in [5.74, 6) is 0.554. The van der Waals surface area contributed by atoms with Crippen LogP contribution in [-0.2, 0) is 0 Å². The van der Waals surface area contributed by atoms with E-state index in [9.17, 15) is 0 Å². The molecule has 1 atom stereocenters. The van der Waals surface area contributed by atoms with Crippen molar-refractivity contribution in [1.82, 2.24) is 0 Å². The summed E-state index contributed by atoms with van der Waals surface area (Å²) in [5.41, 5.74) is 10.0. The molecule has 0 amide bonds. The van der Waals surface area contributed by atoms with Gasteiger partial charge in [-0.3, -0.25) is 0 Å². The smallest absolute Gasteiger partial charge is 0.186 e. The van der Waals surface area contributed by atoms with E-state index in [1.54, 1.807) is 0 Å². The molecule has 0 fully saturated rings. The van der Waals surface area contributed by atoms with Gasteiger partial charge in [-0.2, -0.15) is 11.6 Å². The molecule has 0 spiro atoms. The Hall–Kier alpha value is -0.443. The van der Waals surface area contributed by atoms with Gasteiger partial charge in [-0.15, -0.1) is 27.8 Å². The molecule has 1 aromatic carbocycles. The first-order valence-corrected chi connectivity index (χ1v) is 5.65. The quantitative estimate of drug-likeness (QED) is 0.441.